The Bertz CT molecular complexity index is 820. The van der Waals surface area contributed by atoms with Crippen molar-refractivity contribution in [1.82, 2.24) is 0 Å². The van der Waals surface area contributed by atoms with Gasteiger partial charge in [-0.15, -0.1) is 0 Å². The van der Waals surface area contributed by atoms with E-state index in [9.17, 15) is 9.90 Å². The molecule has 5 nitrogen and oxygen atoms in total. The van der Waals surface area contributed by atoms with E-state index >= 15 is 0 Å². The van der Waals surface area contributed by atoms with Gasteiger partial charge < -0.3 is 19.9 Å². The zero-order valence-electron chi connectivity index (χ0n) is 15.3. The molecule has 0 saturated heterocycles. The van der Waals surface area contributed by atoms with Crippen LogP contribution in [0.2, 0.25) is 0 Å². The molecule has 0 saturated carbocycles. The number of nitrogens with one attached hydrogen (secondary N) is 1. The molecule has 1 amide bonds. The SMILES string of the molecule is O=C1CCc2cc(OCC(O)COC3CCCc4ccccc43)ccc2N1. The molecule has 2 atom stereocenters. The first-order chi connectivity index (χ1) is 13.2. The standard InChI is InChI=1S/C22H25NO4/c24-17(14-27-21-7-3-5-15-4-1-2-6-19(15)21)13-26-18-9-10-20-16(12-18)8-11-22(25)23-20/h1-2,4,6,9-10,12,17,21,24H,3,5,7-8,11,13-14H2,(H,23,25). The predicted molar refractivity (Wildman–Crippen MR) is 103 cm³/mol. The molecule has 1 aliphatic heterocycles. The number of ether oxygens (including phenoxy) is 2. The summed E-state index contributed by atoms with van der Waals surface area (Å²) in [6.45, 7) is 0.430. The van der Waals surface area contributed by atoms with E-state index in [0.29, 0.717) is 18.6 Å². The Morgan fingerprint density at radius 1 is 1.07 bits per heavy atom. The molecule has 2 aromatic carbocycles. The molecule has 2 N–H and O–H groups in total. The fourth-order valence-electron chi connectivity index (χ4n) is 3.80. The third-order valence-electron chi connectivity index (χ3n) is 5.22. The van der Waals surface area contributed by atoms with Gasteiger partial charge in [0.15, 0.2) is 0 Å². The average molecular weight is 367 g/mol. The molecule has 0 bridgehead atoms. The lowest BCUT2D eigenvalue weighted by atomic mass is 9.89. The topological polar surface area (TPSA) is 67.8 Å². The molecule has 0 aromatic heterocycles. The third kappa shape index (κ3) is 4.31. The lowest BCUT2D eigenvalue weighted by Gasteiger charge is -2.26. The van der Waals surface area contributed by atoms with Crippen LogP contribution in [0.4, 0.5) is 5.69 Å². The minimum atomic E-state index is -0.685. The van der Waals surface area contributed by atoms with Crippen molar-refractivity contribution in [2.24, 2.45) is 0 Å². The summed E-state index contributed by atoms with van der Waals surface area (Å²) in [6, 6.07) is 14.0. The van der Waals surface area contributed by atoms with Gasteiger partial charge in [-0.05, 0) is 60.6 Å². The van der Waals surface area contributed by atoms with E-state index < -0.39 is 6.10 Å². The number of aryl methyl sites for hydroxylation is 2. The van der Waals surface area contributed by atoms with Gasteiger partial charge in [0.25, 0.3) is 0 Å². The first-order valence-electron chi connectivity index (χ1n) is 9.62. The van der Waals surface area contributed by atoms with Crippen LogP contribution in [0.3, 0.4) is 0 Å². The molecule has 0 radical (unpaired) electrons. The second-order valence-electron chi connectivity index (χ2n) is 7.24. The second kappa shape index (κ2) is 8.11. The van der Waals surface area contributed by atoms with Crippen LogP contribution in [0, 0.1) is 0 Å². The van der Waals surface area contributed by atoms with Gasteiger partial charge in [-0.3, -0.25) is 4.79 Å². The number of amides is 1. The van der Waals surface area contributed by atoms with E-state index in [2.05, 4.69) is 23.5 Å². The maximum absolute atomic E-state index is 11.4. The Morgan fingerprint density at radius 3 is 2.89 bits per heavy atom. The highest BCUT2D eigenvalue weighted by atomic mass is 16.5. The highest BCUT2D eigenvalue weighted by Crippen LogP contribution is 2.32. The number of carbonyl (C=O) groups excluding carboxylic acids is 1. The maximum Gasteiger partial charge on any atom is 0.224 e. The second-order valence-corrected chi connectivity index (χ2v) is 7.24. The summed E-state index contributed by atoms with van der Waals surface area (Å²) in [4.78, 5) is 11.4. The van der Waals surface area contributed by atoms with Crippen LogP contribution in [0.25, 0.3) is 0 Å². The number of carbonyl (C=O) groups is 1. The first-order valence-corrected chi connectivity index (χ1v) is 9.62. The molecule has 27 heavy (non-hydrogen) atoms. The number of anilines is 1. The Balaban J connectivity index is 1.28. The molecule has 2 aromatic rings. The van der Waals surface area contributed by atoms with Crippen LogP contribution >= 0.6 is 0 Å². The number of hydrogen-bond acceptors (Lipinski definition) is 4. The van der Waals surface area contributed by atoms with Crippen molar-refractivity contribution in [3.8, 4) is 5.75 Å². The fraction of sp³-hybridized carbons (Fsp3) is 0.409. The van der Waals surface area contributed by atoms with Gasteiger partial charge in [0, 0.05) is 12.1 Å². The van der Waals surface area contributed by atoms with Gasteiger partial charge >= 0.3 is 0 Å². The van der Waals surface area contributed by atoms with Gasteiger partial charge in [-0.1, -0.05) is 24.3 Å². The molecule has 4 rings (SSSR count). The molecule has 2 aliphatic rings. The van der Waals surface area contributed by atoms with Crippen molar-refractivity contribution in [1.29, 1.82) is 0 Å². The average Bonchev–Trinajstić information content (AvgIpc) is 2.70. The van der Waals surface area contributed by atoms with Crippen LogP contribution < -0.4 is 10.1 Å². The number of aliphatic hydroxyl groups is 1. The van der Waals surface area contributed by atoms with Crippen LogP contribution in [-0.2, 0) is 22.4 Å². The van der Waals surface area contributed by atoms with Crippen molar-refractivity contribution >= 4 is 11.6 Å². The van der Waals surface area contributed by atoms with E-state index in [1.807, 2.05) is 24.3 Å². The highest BCUT2D eigenvalue weighted by molar-refractivity contribution is 5.93. The monoisotopic (exact) mass is 367 g/mol. The van der Waals surface area contributed by atoms with Crippen molar-refractivity contribution < 1.29 is 19.4 Å². The third-order valence-corrected chi connectivity index (χ3v) is 5.22. The zero-order chi connectivity index (χ0) is 18.6. The van der Waals surface area contributed by atoms with Crippen molar-refractivity contribution in [2.75, 3.05) is 18.5 Å². The number of hydrogen-bond donors (Lipinski definition) is 2. The Hall–Kier alpha value is -2.37. The number of aliphatic hydroxyl groups excluding tert-OH is 1. The van der Waals surface area contributed by atoms with Gasteiger partial charge in [0.2, 0.25) is 5.91 Å². The van der Waals surface area contributed by atoms with E-state index in [4.69, 9.17) is 9.47 Å². The summed E-state index contributed by atoms with van der Waals surface area (Å²) < 4.78 is 11.7. The number of rotatable bonds is 6. The lowest BCUT2D eigenvalue weighted by molar-refractivity contribution is -0.116. The maximum atomic E-state index is 11.4. The van der Waals surface area contributed by atoms with Crippen molar-refractivity contribution in [2.45, 2.75) is 44.3 Å². The van der Waals surface area contributed by atoms with Crippen molar-refractivity contribution in [3.05, 3.63) is 59.2 Å². The molecule has 1 heterocycles. The number of benzene rings is 2. The Morgan fingerprint density at radius 2 is 1.96 bits per heavy atom. The van der Waals surface area contributed by atoms with E-state index in [1.165, 1.54) is 11.1 Å². The lowest BCUT2D eigenvalue weighted by Crippen LogP contribution is -2.26. The van der Waals surface area contributed by atoms with E-state index in [-0.39, 0.29) is 25.2 Å². The van der Waals surface area contributed by atoms with Crippen molar-refractivity contribution in [3.63, 3.8) is 0 Å². The normalized spacial score (nSPS) is 19.6. The summed E-state index contributed by atoms with van der Waals surface area (Å²) in [5.41, 5.74) is 4.50. The van der Waals surface area contributed by atoms with Crippen LogP contribution in [-0.4, -0.2) is 30.3 Å². The number of fused-ring (bicyclic) bond motifs is 2. The highest BCUT2D eigenvalue weighted by Gasteiger charge is 2.21. The van der Waals surface area contributed by atoms with E-state index in [0.717, 1.165) is 30.5 Å². The summed E-state index contributed by atoms with van der Waals surface area (Å²) >= 11 is 0. The minimum Gasteiger partial charge on any atom is -0.491 e. The molecule has 5 heteroatoms. The van der Waals surface area contributed by atoms with Crippen LogP contribution in [0.5, 0.6) is 5.75 Å². The molecule has 2 unspecified atom stereocenters. The summed E-state index contributed by atoms with van der Waals surface area (Å²) in [7, 11) is 0. The van der Waals surface area contributed by atoms with Gasteiger partial charge in [0.1, 0.15) is 18.5 Å². The fourth-order valence-corrected chi connectivity index (χ4v) is 3.80. The van der Waals surface area contributed by atoms with Gasteiger partial charge in [-0.25, -0.2) is 0 Å². The molecule has 142 valence electrons. The largest absolute Gasteiger partial charge is 0.491 e. The molecule has 1 aliphatic carbocycles. The summed E-state index contributed by atoms with van der Waals surface area (Å²) in [5, 5.41) is 13.1. The summed E-state index contributed by atoms with van der Waals surface area (Å²) in [6.07, 6.45) is 3.77. The molecular formula is C22H25NO4. The molecule has 0 spiro atoms. The van der Waals surface area contributed by atoms with Crippen LogP contribution in [0.1, 0.15) is 42.1 Å². The smallest absolute Gasteiger partial charge is 0.224 e. The minimum absolute atomic E-state index is 0.0491. The molecular weight excluding hydrogens is 342 g/mol. The van der Waals surface area contributed by atoms with Gasteiger partial charge in [0.05, 0.1) is 12.7 Å². The Kier molecular flexibility index (Phi) is 5.41. The van der Waals surface area contributed by atoms with Gasteiger partial charge in [-0.2, -0.15) is 0 Å². The van der Waals surface area contributed by atoms with E-state index in [1.54, 1.807) is 0 Å². The predicted octanol–water partition coefficient (Wildman–Crippen LogP) is 3.41. The summed E-state index contributed by atoms with van der Waals surface area (Å²) in [5.74, 6) is 0.750. The Labute approximate surface area is 159 Å². The zero-order valence-corrected chi connectivity index (χ0v) is 15.3. The molecule has 0 fully saturated rings. The van der Waals surface area contributed by atoms with Crippen LogP contribution in [0.15, 0.2) is 42.5 Å². The first kappa shape index (κ1) is 18.0. The quantitative estimate of drug-likeness (QED) is 0.821.